The van der Waals surface area contributed by atoms with Crippen molar-refractivity contribution in [2.45, 2.75) is 64.6 Å². The minimum atomic E-state index is -4.05. The molecule has 0 amide bonds. The summed E-state index contributed by atoms with van der Waals surface area (Å²) in [7, 11) is 0. The molecule has 4 unspecified atom stereocenters. The second kappa shape index (κ2) is 6.50. The van der Waals surface area contributed by atoms with Crippen molar-refractivity contribution in [3.05, 3.63) is 11.6 Å². The van der Waals surface area contributed by atoms with Gasteiger partial charge in [0, 0.05) is 6.04 Å². The third-order valence-electron chi connectivity index (χ3n) is 4.74. The van der Waals surface area contributed by atoms with E-state index < -0.39 is 12.1 Å². The molecule has 4 heteroatoms. The van der Waals surface area contributed by atoms with Crippen molar-refractivity contribution in [3.63, 3.8) is 0 Å². The van der Waals surface area contributed by atoms with Crippen LogP contribution in [0.4, 0.5) is 13.2 Å². The molecule has 0 saturated heterocycles. The number of hydrogen-bond acceptors (Lipinski definition) is 1. The van der Waals surface area contributed by atoms with E-state index in [2.05, 4.69) is 25.2 Å². The van der Waals surface area contributed by atoms with E-state index in [4.69, 9.17) is 0 Å². The molecule has 0 aromatic rings. The molecule has 20 heavy (non-hydrogen) atoms. The van der Waals surface area contributed by atoms with Crippen molar-refractivity contribution in [2.75, 3.05) is 6.54 Å². The average molecular weight is 289 g/mol. The molecule has 1 fully saturated rings. The zero-order valence-corrected chi connectivity index (χ0v) is 12.5. The van der Waals surface area contributed by atoms with Crippen molar-refractivity contribution in [2.24, 2.45) is 17.8 Å². The Bertz CT molecular complexity index is 348. The second-order valence-electron chi connectivity index (χ2n) is 6.74. The van der Waals surface area contributed by atoms with Crippen LogP contribution in [0.1, 0.15) is 52.4 Å². The third kappa shape index (κ3) is 4.24. The minimum absolute atomic E-state index is 0.293. The average Bonchev–Trinajstić information content (AvgIpc) is 2.34. The molecule has 2 aliphatic rings. The lowest BCUT2D eigenvalue weighted by Gasteiger charge is -2.35. The van der Waals surface area contributed by atoms with Crippen LogP contribution in [-0.2, 0) is 0 Å². The molecule has 0 aromatic heterocycles. The van der Waals surface area contributed by atoms with Gasteiger partial charge in [0.1, 0.15) is 0 Å². The summed E-state index contributed by atoms with van der Waals surface area (Å²) in [5, 5.41) is 3.24. The van der Waals surface area contributed by atoms with Crippen molar-refractivity contribution < 1.29 is 13.2 Å². The fraction of sp³-hybridized carbons (Fsp3) is 0.875. The predicted octanol–water partition coefficient (Wildman–Crippen LogP) is 4.69. The Labute approximate surface area is 120 Å². The van der Waals surface area contributed by atoms with Crippen LogP contribution in [0.3, 0.4) is 0 Å². The first-order valence-electron chi connectivity index (χ1n) is 7.83. The van der Waals surface area contributed by atoms with E-state index in [1.54, 1.807) is 0 Å². The highest BCUT2D eigenvalue weighted by molar-refractivity contribution is 5.06. The van der Waals surface area contributed by atoms with Crippen LogP contribution >= 0.6 is 0 Å². The van der Waals surface area contributed by atoms with Crippen LogP contribution in [0.25, 0.3) is 0 Å². The molecule has 2 aliphatic carbocycles. The number of nitrogens with one attached hydrogen (secondary N) is 1. The molecule has 1 saturated carbocycles. The molecule has 1 N–H and O–H groups in total. The van der Waals surface area contributed by atoms with Gasteiger partial charge in [0.25, 0.3) is 0 Å². The summed E-state index contributed by atoms with van der Waals surface area (Å²) in [6, 6.07) is -0.370. The lowest BCUT2D eigenvalue weighted by atomic mass is 9.81. The highest BCUT2D eigenvalue weighted by Gasteiger charge is 2.45. The predicted molar refractivity (Wildman–Crippen MR) is 75.4 cm³/mol. The topological polar surface area (TPSA) is 12.0 Å². The van der Waals surface area contributed by atoms with Crippen LogP contribution < -0.4 is 5.32 Å². The van der Waals surface area contributed by atoms with Gasteiger partial charge in [0.15, 0.2) is 0 Å². The largest absolute Gasteiger partial charge is 0.393 e. The molecule has 0 heterocycles. The van der Waals surface area contributed by atoms with Gasteiger partial charge in [0.05, 0.1) is 5.92 Å². The Balaban J connectivity index is 1.87. The van der Waals surface area contributed by atoms with E-state index >= 15 is 0 Å². The minimum Gasteiger partial charge on any atom is -0.313 e. The number of rotatable bonds is 3. The normalized spacial score (nSPS) is 35.8. The smallest absolute Gasteiger partial charge is 0.313 e. The van der Waals surface area contributed by atoms with E-state index in [-0.39, 0.29) is 6.04 Å². The Hall–Kier alpha value is -0.510. The Morgan fingerprint density at radius 2 is 1.95 bits per heavy atom. The van der Waals surface area contributed by atoms with Gasteiger partial charge in [-0.25, -0.2) is 0 Å². The number of halogens is 3. The van der Waals surface area contributed by atoms with E-state index in [9.17, 15) is 13.2 Å². The van der Waals surface area contributed by atoms with Crippen LogP contribution in [0.5, 0.6) is 0 Å². The molecule has 0 aromatic carbocycles. The SMILES string of the molecule is CC1=CC(C)CC(CNC2CCCCC2C(F)(F)F)C1. The zero-order chi connectivity index (χ0) is 14.8. The Morgan fingerprint density at radius 3 is 2.60 bits per heavy atom. The standard InChI is InChI=1S/C16H26F3N/c1-11-7-12(2)9-13(8-11)10-20-15-6-4-3-5-14(15)16(17,18)19/h7,11,13-15,20H,3-6,8-10H2,1-2H3. The third-order valence-corrected chi connectivity index (χ3v) is 4.74. The van der Waals surface area contributed by atoms with Gasteiger partial charge in [-0.1, -0.05) is 31.4 Å². The lowest BCUT2D eigenvalue weighted by molar-refractivity contribution is -0.189. The molecule has 0 bridgehead atoms. The lowest BCUT2D eigenvalue weighted by Crippen LogP contribution is -2.47. The molecule has 0 aliphatic heterocycles. The quantitative estimate of drug-likeness (QED) is 0.743. The van der Waals surface area contributed by atoms with Gasteiger partial charge in [-0.3, -0.25) is 0 Å². The van der Waals surface area contributed by atoms with Gasteiger partial charge in [-0.05, 0) is 51.0 Å². The second-order valence-corrected chi connectivity index (χ2v) is 6.74. The van der Waals surface area contributed by atoms with Crippen LogP contribution in [0, 0.1) is 17.8 Å². The van der Waals surface area contributed by atoms with E-state index in [0.717, 1.165) is 25.8 Å². The number of alkyl halides is 3. The monoisotopic (exact) mass is 289 g/mol. The van der Waals surface area contributed by atoms with Crippen LogP contribution in [0.15, 0.2) is 11.6 Å². The van der Waals surface area contributed by atoms with Crippen molar-refractivity contribution in [1.29, 1.82) is 0 Å². The maximum atomic E-state index is 13.0. The molecule has 0 spiro atoms. The van der Waals surface area contributed by atoms with Crippen molar-refractivity contribution >= 4 is 0 Å². The molecular formula is C16H26F3N. The van der Waals surface area contributed by atoms with Crippen LogP contribution in [0.2, 0.25) is 0 Å². The first-order chi connectivity index (χ1) is 9.36. The molecule has 0 radical (unpaired) electrons. The fourth-order valence-corrected chi connectivity index (χ4v) is 3.93. The summed E-state index contributed by atoms with van der Waals surface area (Å²) in [5.74, 6) is -0.0972. The summed E-state index contributed by atoms with van der Waals surface area (Å²) in [5.41, 5.74) is 1.38. The summed E-state index contributed by atoms with van der Waals surface area (Å²) in [6.07, 6.45) is 2.95. The summed E-state index contributed by atoms with van der Waals surface area (Å²) in [6.45, 7) is 5.04. The Kier molecular flexibility index (Phi) is 5.16. The Morgan fingerprint density at radius 1 is 1.25 bits per heavy atom. The summed E-state index contributed by atoms with van der Waals surface area (Å²) < 4.78 is 39.1. The number of hydrogen-bond donors (Lipinski definition) is 1. The molecule has 4 atom stereocenters. The van der Waals surface area contributed by atoms with Gasteiger partial charge < -0.3 is 5.32 Å². The highest BCUT2D eigenvalue weighted by atomic mass is 19.4. The molecular weight excluding hydrogens is 263 g/mol. The first-order valence-corrected chi connectivity index (χ1v) is 7.83. The van der Waals surface area contributed by atoms with Gasteiger partial charge in [0.2, 0.25) is 0 Å². The molecule has 1 nitrogen and oxygen atoms in total. The van der Waals surface area contributed by atoms with Gasteiger partial charge in [-0.2, -0.15) is 13.2 Å². The molecule has 116 valence electrons. The van der Waals surface area contributed by atoms with E-state index in [1.165, 1.54) is 5.57 Å². The first kappa shape index (κ1) is 15.9. The van der Waals surface area contributed by atoms with Crippen molar-refractivity contribution in [1.82, 2.24) is 5.32 Å². The molecule has 2 rings (SSSR count). The zero-order valence-electron chi connectivity index (χ0n) is 12.5. The summed E-state index contributed by atoms with van der Waals surface area (Å²) in [4.78, 5) is 0. The maximum Gasteiger partial charge on any atom is 0.393 e. The van der Waals surface area contributed by atoms with Crippen LogP contribution in [-0.4, -0.2) is 18.8 Å². The maximum absolute atomic E-state index is 13.0. The van der Waals surface area contributed by atoms with E-state index in [1.807, 2.05) is 0 Å². The fourth-order valence-electron chi connectivity index (χ4n) is 3.93. The summed E-state index contributed by atoms with van der Waals surface area (Å²) >= 11 is 0. The van der Waals surface area contributed by atoms with Gasteiger partial charge in [-0.15, -0.1) is 0 Å². The van der Waals surface area contributed by atoms with Gasteiger partial charge >= 0.3 is 6.18 Å². The van der Waals surface area contributed by atoms with Crippen molar-refractivity contribution in [3.8, 4) is 0 Å². The highest BCUT2D eigenvalue weighted by Crippen LogP contribution is 2.38. The number of allylic oxidation sites excluding steroid dienone is 2. The van der Waals surface area contributed by atoms with E-state index in [0.29, 0.717) is 31.1 Å².